The van der Waals surface area contributed by atoms with E-state index in [1.54, 1.807) is 12.1 Å². The predicted octanol–water partition coefficient (Wildman–Crippen LogP) is 3.52. The van der Waals surface area contributed by atoms with Gasteiger partial charge in [0.2, 0.25) is 0 Å². The molecule has 0 radical (unpaired) electrons. The van der Waals surface area contributed by atoms with Crippen LogP contribution in [0, 0.1) is 11.7 Å². The Morgan fingerprint density at radius 3 is 2.82 bits per heavy atom. The lowest BCUT2D eigenvalue weighted by Crippen LogP contribution is -2.20. The van der Waals surface area contributed by atoms with Crippen LogP contribution < -0.4 is 0 Å². The van der Waals surface area contributed by atoms with E-state index in [0.29, 0.717) is 5.92 Å². The predicted molar refractivity (Wildman–Crippen MR) is 65.8 cm³/mol. The van der Waals surface area contributed by atoms with Gasteiger partial charge in [-0.15, -0.1) is 11.8 Å². The van der Waals surface area contributed by atoms with Gasteiger partial charge in [-0.2, -0.15) is 0 Å². The summed E-state index contributed by atoms with van der Waals surface area (Å²) in [4.78, 5) is 12.4. The third kappa shape index (κ3) is 3.13. The van der Waals surface area contributed by atoms with Crippen molar-refractivity contribution in [3.63, 3.8) is 0 Å². The Morgan fingerprint density at radius 2 is 2.29 bits per heavy atom. The van der Waals surface area contributed by atoms with Crippen LogP contribution >= 0.6 is 23.4 Å². The number of benzene rings is 1. The molecule has 1 aromatic carbocycles. The first kappa shape index (κ1) is 12.7. The third-order valence-corrected chi connectivity index (χ3v) is 4.28. The highest BCUT2D eigenvalue weighted by Crippen LogP contribution is 2.42. The fourth-order valence-electron chi connectivity index (χ4n) is 1.55. The van der Waals surface area contributed by atoms with Gasteiger partial charge in [-0.1, -0.05) is 11.6 Å². The molecule has 92 valence electrons. The smallest absolute Gasteiger partial charge is 0.319 e. The lowest BCUT2D eigenvalue weighted by Gasteiger charge is -2.13. The zero-order chi connectivity index (χ0) is 12.4. The summed E-state index contributed by atoms with van der Waals surface area (Å²) in [6, 6.07) is 4.48. The number of hydrogen-bond donors (Lipinski definition) is 0. The first-order chi connectivity index (χ1) is 8.11. The molecule has 1 aromatic rings. The molecule has 0 N–H and O–H groups in total. The van der Waals surface area contributed by atoms with Gasteiger partial charge >= 0.3 is 5.97 Å². The molecule has 0 amide bonds. The van der Waals surface area contributed by atoms with Gasteiger partial charge in [0, 0.05) is 4.90 Å². The Bertz CT molecular complexity index is 435. The number of ether oxygens (including phenoxy) is 1. The summed E-state index contributed by atoms with van der Waals surface area (Å²) in [5.41, 5.74) is 0. The summed E-state index contributed by atoms with van der Waals surface area (Å²) >= 11 is 7.09. The van der Waals surface area contributed by atoms with E-state index in [1.807, 2.05) is 0 Å². The molecule has 0 aliphatic heterocycles. The highest BCUT2D eigenvalue weighted by atomic mass is 35.5. The largest absolute Gasteiger partial charge is 0.468 e. The topological polar surface area (TPSA) is 26.3 Å². The zero-order valence-corrected chi connectivity index (χ0v) is 10.9. The highest BCUT2D eigenvalue weighted by molar-refractivity contribution is 8.00. The van der Waals surface area contributed by atoms with Gasteiger partial charge < -0.3 is 4.74 Å². The third-order valence-electron chi connectivity index (χ3n) is 2.64. The standard InChI is InChI=1S/C12H12ClFO2S/c1-16-12(15)11(7-2-3-7)17-8-4-5-10(14)9(13)6-8/h4-7,11H,2-3H2,1H3. The molecule has 5 heteroatoms. The molecule has 1 aliphatic rings. The van der Waals surface area contributed by atoms with E-state index in [9.17, 15) is 9.18 Å². The lowest BCUT2D eigenvalue weighted by molar-refractivity contribution is -0.140. The Kier molecular flexibility index (Phi) is 3.94. The lowest BCUT2D eigenvalue weighted by atomic mass is 10.3. The summed E-state index contributed by atoms with van der Waals surface area (Å²) in [6.45, 7) is 0. The Hall–Kier alpha value is -0.740. The molecule has 0 heterocycles. The second kappa shape index (κ2) is 5.27. The maximum Gasteiger partial charge on any atom is 0.319 e. The van der Waals surface area contributed by atoms with Gasteiger partial charge in [0.05, 0.1) is 12.1 Å². The molecule has 1 aliphatic carbocycles. The van der Waals surface area contributed by atoms with Crippen LogP contribution in [0.1, 0.15) is 12.8 Å². The minimum Gasteiger partial charge on any atom is -0.468 e. The number of halogens is 2. The Labute approximate surface area is 108 Å². The van der Waals surface area contributed by atoms with E-state index < -0.39 is 5.82 Å². The van der Waals surface area contributed by atoms with Crippen LogP contribution in [0.3, 0.4) is 0 Å². The molecule has 1 unspecified atom stereocenters. The average Bonchev–Trinajstić information content (AvgIpc) is 3.13. The number of carbonyl (C=O) groups excluding carboxylic acids is 1. The average molecular weight is 275 g/mol. The van der Waals surface area contributed by atoms with Crippen molar-refractivity contribution in [1.29, 1.82) is 0 Å². The minimum absolute atomic E-state index is 0.0782. The van der Waals surface area contributed by atoms with E-state index in [0.717, 1.165) is 17.7 Å². The molecule has 2 rings (SSSR count). The number of hydrogen-bond acceptors (Lipinski definition) is 3. The second-order valence-electron chi connectivity index (χ2n) is 3.97. The quantitative estimate of drug-likeness (QED) is 0.621. The summed E-state index contributed by atoms with van der Waals surface area (Å²) in [6.07, 6.45) is 2.09. The van der Waals surface area contributed by atoms with Gasteiger partial charge in [-0.3, -0.25) is 4.79 Å². The van der Waals surface area contributed by atoms with Gasteiger partial charge in [0.1, 0.15) is 11.1 Å². The SMILES string of the molecule is COC(=O)C(Sc1ccc(F)c(Cl)c1)C1CC1. The van der Waals surface area contributed by atoms with Crippen molar-refractivity contribution in [2.75, 3.05) is 7.11 Å². The van der Waals surface area contributed by atoms with E-state index in [-0.39, 0.29) is 16.2 Å². The first-order valence-corrected chi connectivity index (χ1v) is 6.57. The number of esters is 1. The number of thioether (sulfide) groups is 1. The van der Waals surface area contributed by atoms with Crippen molar-refractivity contribution in [3.05, 3.63) is 29.0 Å². The molecule has 17 heavy (non-hydrogen) atoms. The first-order valence-electron chi connectivity index (χ1n) is 5.31. The number of methoxy groups -OCH3 is 1. The van der Waals surface area contributed by atoms with Crippen LogP contribution in [0.4, 0.5) is 4.39 Å². The van der Waals surface area contributed by atoms with Crippen molar-refractivity contribution in [3.8, 4) is 0 Å². The molecule has 0 aromatic heterocycles. The van der Waals surface area contributed by atoms with Crippen LogP contribution in [0.25, 0.3) is 0 Å². The van der Waals surface area contributed by atoms with Gasteiger partial charge in [-0.25, -0.2) is 4.39 Å². The summed E-state index contributed by atoms with van der Waals surface area (Å²) in [7, 11) is 1.38. The molecular formula is C12H12ClFO2S. The number of rotatable bonds is 4. The molecule has 1 fully saturated rings. The van der Waals surface area contributed by atoms with Crippen LogP contribution in [-0.4, -0.2) is 18.3 Å². The normalized spacial score (nSPS) is 16.6. The van der Waals surface area contributed by atoms with E-state index in [4.69, 9.17) is 16.3 Å². The molecule has 2 nitrogen and oxygen atoms in total. The Balaban J connectivity index is 2.11. The fourth-order valence-corrected chi connectivity index (χ4v) is 3.08. The van der Waals surface area contributed by atoms with Crippen molar-refractivity contribution in [1.82, 2.24) is 0 Å². The zero-order valence-electron chi connectivity index (χ0n) is 9.28. The summed E-state index contributed by atoms with van der Waals surface area (Å²) < 4.78 is 17.8. The summed E-state index contributed by atoms with van der Waals surface area (Å²) in [5.74, 6) is -0.300. The maximum atomic E-state index is 13.0. The highest BCUT2D eigenvalue weighted by Gasteiger charge is 2.37. The van der Waals surface area contributed by atoms with E-state index in [1.165, 1.54) is 24.9 Å². The van der Waals surface area contributed by atoms with E-state index >= 15 is 0 Å². The van der Waals surface area contributed by atoms with Gasteiger partial charge in [0.15, 0.2) is 0 Å². The van der Waals surface area contributed by atoms with E-state index in [2.05, 4.69) is 0 Å². The van der Waals surface area contributed by atoms with Crippen LogP contribution in [0.15, 0.2) is 23.1 Å². The maximum absolute atomic E-state index is 13.0. The van der Waals surface area contributed by atoms with Gasteiger partial charge in [0.25, 0.3) is 0 Å². The van der Waals surface area contributed by atoms with Crippen LogP contribution in [-0.2, 0) is 9.53 Å². The fraction of sp³-hybridized carbons (Fsp3) is 0.417. The van der Waals surface area contributed by atoms with Crippen LogP contribution in [0.2, 0.25) is 5.02 Å². The monoisotopic (exact) mass is 274 g/mol. The molecule has 1 saturated carbocycles. The second-order valence-corrected chi connectivity index (χ2v) is 5.60. The minimum atomic E-state index is -0.447. The molecular weight excluding hydrogens is 263 g/mol. The molecule has 0 bridgehead atoms. The molecule has 1 atom stereocenters. The van der Waals surface area contributed by atoms with Crippen molar-refractivity contribution in [2.45, 2.75) is 23.0 Å². The molecule has 0 saturated heterocycles. The van der Waals surface area contributed by atoms with Crippen molar-refractivity contribution >= 4 is 29.3 Å². The Morgan fingerprint density at radius 1 is 1.59 bits per heavy atom. The molecule has 0 spiro atoms. The van der Waals surface area contributed by atoms with Gasteiger partial charge in [-0.05, 0) is 37.0 Å². The van der Waals surface area contributed by atoms with Crippen LogP contribution in [0.5, 0.6) is 0 Å². The van der Waals surface area contributed by atoms with Crippen molar-refractivity contribution in [2.24, 2.45) is 5.92 Å². The number of carbonyl (C=O) groups is 1. The summed E-state index contributed by atoms with van der Waals surface area (Å²) in [5, 5.41) is -0.129. The van der Waals surface area contributed by atoms with Crippen molar-refractivity contribution < 1.29 is 13.9 Å².